The first-order valence-corrected chi connectivity index (χ1v) is 9.06. The SMILES string of the molecule is NC(=O)c1cc(C[C@H]2CCCN(Cc3ccc4cc[nH]c4c3)C2)ncn1. The van der Waals surface area contributed by atoms with Crippen LogP contribution in [0.25, 0.3) is 10.9 Å². The normalized spacial score (nSPS) is 18.2. The number of carbonyl (C=O) groups excluding carboxylic acids is 1. The fourth-order valence-electron chi connectivity index (χ4n) is 3.85. The molecule has 3 N–H and O–H groups in total. The zero-order valence-corrected chi connectivity index (χ0v) is 14.7. The molecule has 1 aliphatic heterocycles. The highest BCUT2D eigenvalue weighted by Crippen LogP contribution is 2.23. The lowest BCUT2D eigenvalue weighted by atomic mass is 9.92. The van der Waals surface area contributed by atoms with E-state index >= 15 is 0 Å². The van der Waals surface area contributed by atoms with Crippen molar-refractivity contribution >= 4 is 16.8 Å². The fraction of sp³-hybridized carbons (Fsp3) is 0.350. The van der Waals surface area contributed by atoms with E-state index in [-0.39, 0.29) is 0 Å². The Morgan fingerprint density at radius 1 is 1.27 bits per heavy atom. The van der Waals surface area contributed by atoms with Gasteiger partial charge in [0.1, 0.15) is 12.0 Å². The number of rotatable bonds is 5. The van der Waals surface area contributed by atoms with E-state index < -0.39 is 5.91 Å². The second-order valence-corrected chi connectivity index (χ2v) is 7.11. The highest BCUT2D eigenvalue weighted by molar-refractivity contribution is 5.90. The summed E-state index contributed by atoms with van der Waals surface area (Å²) in [5, 5.41) is 1.25. The van der Waals surface area contributed by atoms with Crippen molar-refractivity contribution in [1.29, 1.82) is 0 Å². The van der Waals surface area contributed by atoms with E-state index in [4.69, 9.17) is 5.73 Å². The van der Waals surface area contributed by atoms with Crippen LogP contribution in [0.4, 0.5) is 0 Å². The van der Waals surface area contributed by atoms with Crippen molar-refractivity contribution in [2.75, 3.05) is 13.1 Å². The number of piperidine rings is 1. The second kappa shape index (κ2) is 7.25. The number of carbonyl (C=O) groups is 1. The Balaban J connectivity index is 1.40. The number of likely N-dealkylation sites (tertiary alicyclic amines) is 1. The third-order valence-corrected chi connectivity index (χ3v) is 5.10. The first-order valence-electron chi connectivity index (χ1n) is 9.06. The number of amides is 1. The van der Waals surface area contributed by atoms with Gasteiger partial charge in [0, 0.05) is 30.5 Å². The number of nitrogens with one attached hydrogen (secondary N) is 1. The molecular weight excluding hydrogens is 326 g/mol. The maximum absolute atomic E-state index is 11.3. The van der Waals surface area contributed by atoms with E-state index in [2.05, 4.69) is 44.1 Å². The van der Waals surface area contributed by atoms with E-state index in [1.807, 2.05) is 6.20 Å². The number of fused-ring (bicyclic) bond motifs is 1. The second-order valence-electron chi connectivity index (χ2n) is 7.11. The van der Waals surface area contributed by atoms with Crippen LogP contribution in [-0.4, -0.2) is 38.8 Å². The van der Waals surface area contributed by atoms with Crippen molar-refractivity contribution in [3.05, 3.63) is 59.8 Å². The molecule has 0 spiro atoms. The van der Waals surface area contributed by atoms with Crippen molar-refractivity contribution in [1.82, 2.24) is 19.9 Å². The molecule has 1 amide bonds. The topological polar surface area (TPSA) is 87.9 Å². The summed E-state index contributed by atoms with van der Waals surface area (Å²) in [4.78, 5) is 25.3. The molecule has 1 fully saturated rings. The van der Waals surface area contributed by atoms with Gasteiger partial charge in [0.05, 0.1) is 0 Å². The standard InChI is InChI=1S/C20H23N5O/c21-20(26)19-10-17(23-13-24-19)8-14-2-1-7-25(11-14)12-15-3-4-16-5-6-22-18(16)9-15/h3-6,9-10,13-14,22H,1-2,7-8,11-12H2,(H2,21,26)/t14-/m1/s1. The van der Waals surface area contributed by atoms with Crippen molar-refractivity contribution in [2.24, 2.45) is 11.7 Å². The van der Waals surface area contributed by atoms with Gasteiger partial charge in [-0.2, -0.15) is 0 Å². The summed E-state index contributed by atoms with van der Waals surface area (Å²) < 4.78 is 0. The molecule has 134 valence electrons. The molecule has 1 atom stereocenters. The average molecular weight is 349 g/mol. The van der Waals surface area contributed by atoms with E-state index in [1.165, 1.54) is 35.6 Å². The van der Waals surface area contributed by atoms with Crippen LogP contribution in [0.15, 0.2) is 42.9 Å². The molecule has 1 aliphatic rings. The number of aromatic amines is 1. The minimum atomic E-state index is -0.501. The number of primary amides is 1. The highest BCUT2D eigenvalue weighted by Gasteiger charge is 2.21. The summed E-state index contributed by atoms with van der Waals surface area (Å²) in [6.45, 7) is 3.12. The molecule has 3 heterocycles. The van der Waals surface area contributed by atoms with Gasteiger partial charge in [-0.15, -0.1) is 0 Å². The fourth-order valence-corrected chi connectivity index (χ4v) is 3.85. The van der Waals surface area contributed by atoms with Crippen LogP contribution in [-0.2, 0) is 13.0 Å². The molecule has 6 heteroatoms. The van der Waals surface area contributed by atoms with E-state index in [9.17, 15) is 4.79 Å². The maximum atomic E-state index is 11.3. The highest BCUT2D eigenvalue weighted by atomic mass is 16.1. The molecular formula is C20H23N5O. The monoisotopic (exact) mass is 349 g/mol. The smallest absolute Gasteiger partial charge is 0.267 e. The van der Waals surface area contributed by atoms with Gasteiger partial charge in [0.15, 0.2) is 0 Å². The molecule has 0 radical (unpaired) electrons. The molecule has 1 saturated heterocycles. The minimum Gasteiger partial charge on any atom is -0.364 e. The average Bonchev–Trinajstić information content (AvgIpc) is 3.10. The first kappa shape index (κ1) is 16.7. The molecule has 2 aromatic heterocycles. The molecule has 0 unspecified atom stereocenters. The van der Waals surface area contributed by atoms with Gasteiger partial charge in [0.2, 0.25) is 0 Å². The minimum absolute atomic E-state index is 0.293. The van der Waals surface area contributed by atoms with Crippen molar-refractivity contribution in [3.8, 4) is 0 Å². The first-order chi connectivity index (χ1) is 12.7. The Bertz CT molecular complexity index is 919. The van der Waals surface area contributed by atoms with Crippen LogP contribution in [0.3, 0.4) is 0 Å². The van der Waals surface area contributed by atoms with Crippen LogP contribution >= 0.6 is 0 Å². The summed E-state index contributed by atoms with van der Waals surface area (Å²) in [5.41, 5.74) is 9.03. The summed E-state index contributed by atoms with van der Waals surface area (Å²) >= 11 is 0. The molecule has 0 bridgehead atoms. The molecule has 26 heavy (non-hydrogen) atoms. The Kier molecular flexibility index (Phi) is 4.67. The van der Waals surface area contributed by atoms with Gasteiger partial charge < -0.3 is 10.7 Å². The van der Waals surface area contributed by atoms with E-state index in [0.717, 1.165) is 31.7 Å². The van der Waals surface area contributed by atoms with Gasteiger partial charge in [-0.25, -0.2) is 9.97 Å². The van der Waals surface area contributed by atoms with Gasteiger partial charge in [-0.1, -0.05) is 12.1 Å². The largest absolute Gasteiger partial charge is 0.364 e. The van der Waals surface area contributed by atoms with Crippen LogP contribution < -0.4 is 5.73 Å². The lowest BCUT2D eigenvalue weighted by Crippen LogP contribution is -2.35. The lowest BCUT2D eigenvalue weighted by molar-refractivity contribution is 0.0995. The lowest BCUT2D eigenvalue weighted by Gasteiger charge is -2.32. The number of hydrogen-bond donors (Lipinski definition) is 2. The molecule has 0 saturated carbocycles. The van der Waals surface area contributed by atoms with Crippen LogP contribution in [0, 0.1) is 5.92 Å². The van der Waals surface area contributed by atoms with E-state index in [0.29, 0.717) is 11.6 Å². The number of nitrogens with two attached hydrogens (primary N) is 1. The van der Waals surface area contributed by atoms with Crippen LogP contribution in [0.5, 0.6) is 0 Å². The van der Waals surface area contributed by atoms with Gasteiger partial charge in [0.25, 0.3) is 5.91 Å². The van der Waals surface area contributed by atoms with Gasteiger partial charge >= 0.3 is 0 Å². The summed E-state index contributed by atoms with van der Waals surface area (Å²) in [6, 6.07) is 10.4. The quantitative estimate of drug-likeness (QED) is 0.741. The maximum Gasteiger partial charge on any atom is 0.267 e. The Morgan fingerprint density at radius 2 is 2.19 bits per heavy atom. The number of aromatic nitrogens is 3. The van der Waals surface area contributed by atoms with Gasteiger partial charge in [-0.3, -0.25) is 9.69 Å². The molecule has 1 aromatic carbocycles. The zero-order chi connectivity index (χ0) is 17.9. The summed E-state index contributed by atoms with van der Waals surface area (Å²) in [5.74, 6) is 0.0345. The van der Waals surface area contributed by atoms with Crippen molar-refractivity contribution in [3.63, 3.8) is 0 Å². The number of H-pyrrole nitrogens is 1. The Morgan fingerprint density at radius 3 is 3.08 bits per heavy atom. The van der Waals surface area contributed by atoms with Crippen molar-refractivity contribution < 1.29 is 4.79 Å². The van der Waals surface area contributed by atoms with Gasteiger partial charge in [-0.05, 0) is 60.9 Å². The Labute approximate surface area is 152 Å². The summed E-state index contributed by atoms with van der Waals surface area (Å²) in [6.07, 6.45) is 6.63. The predicted octanol–water partition coefficient (Wildman–Crippen LogP) is 2.51. The summed E-state index contributed by atoms with van der Waals surface area (Å²) in [7, 11) is 0. The van der Waals surface area contributed by atoms with Crippen LogP contribution in [0.2, 0.25) is 0 Å². The molecule has 3 aromatic rings. The third kappa shape index (κ3) is 3.75. The molecule has 0 aliphatic carbocycles. The van der Waals surface area contributed by atoms with Crippen molar-refractivity contribution in [2.45, 2.75) is 25.8 Å². The van der Waals surface area contributed by atoms with Crippen LogP contribution in [0.1, 0.15) is 34.6 Å². The number of benzene rings is 1. The van der Waals surface area contributed by atoms with E-state index in [1.54, 1.807) is 6.07 Å². The molecule has 4 rings (SSSR count). The third-order valence-electron chi connectivity index (χ3n) is 5.10. The Hall–Kier alpha value is -2.73. The number of nitrogens with zero attached hydrogens (tertiary/aromatic N) is 3. The predicted molar refractivity (Wildman–Crippen MR) is 101 cm³/mol. The molecule has 6 nitrogen and oxygen atoms in total. The number of hydrogen-bond acceptors (Lipinski definition) is 4. The zero-order valence-electron chi connectivity index (χ0n) is 14.7.